The molecule has 0 aliphatic heterocycles. The van der Waals surface area contributed by atoms with Gasteiger partial charge in [-0.15, -0.1) is 0 Å². The SMILES string of the molecule is Cc1cccc(Cn2c(C)c(C)c3cc(C(=O)NCc4ccc(OC(C)C)cc4)ccc32)c1. The van der Waals surface area contributed by atoms with Crippen molar-refractivity contribution < 1.29 is 9.53 Å². The Hall–Kier alpha value is -3.53. The van der Waals surface area contributed by atoms with E-state index in [0.29, 0.717) is 12.1 Å². The molecule has 0 bridgehead atoms. The van der Waals surface area contributed by atoms with Gasteiger partial charge in [0.1, 0.15) is 5.75 Å². The first-order valence-electron chi connectivity index (χ1n) is 11.5. The van der Waals surface area contributed by atoms with E-state index in [9.17, 15) is 4.79 Å². The molecular weight excluding hydrogens is 408 g/mol. The second kappa shape index (κ2) is 9.53. The maximum Gasteiger partial charge on any atom is 0.251 e. The molecule has 4 rings (SSSR count). The number of rotatable bonds is 7. The predicted molar refractivity (Wildman–Crippen MR) is 135 cm³/mol. The first-order valence-corrected chi connectivity index (χ1v) is 11.5. The molecule has 0 saturated heterocycles. The molecule has 4 heteroatoms. The monoisotopic (exact) mass is 440 g/mol. The number of nitrogens with one attached hydrogen (secondary N) is 1. The van der Waals surface area contributed by atoms with Crippen LogP contribution in [-0.2, 0) is 13.1 Å². The number of hydrogen-bond acceptors (Lipinski definition) is 2. The van der Waals surface area contributed by atoms with Gasteiger partial charge in [0.25, 0.3) is 5.91 Å². The topological polar surface area (TPSA) is 43.3 Å². The van der Waals surface area contributed by atoms with Crippen LogP contribution in [0.15, 0.2) is 66.7 Å². The fourth-order valence-electron chi connectivity index (χ4n) is 4.23. The van der Waals surface area contributed by atoms with E-state index >= 15 is 0 Å². The summed E-state index contributed by atoms with van der Waals surface area (Å²) in [6.45, 7) is 11.7. The molecule has 0 aliphatic carbocycles. The Kier molecular flexibility index (Phi) is 6.55. The van der Waals surface area contributed by atoms with Gasteiger partial charge in [0.15, 0.2) is 0 Å². The molecule has 170 valence electrons. The Balaban J connectivity index is 1.50. The molecule has 4 aromatic rings. The zero-order chi connectivity index (χ0) is 23.5. The minimum Gasteiger partial charge on any atom is -0.491 e. The van der Waals surface area contributed by atoms with Crippen LogP contribution in [0.3, 0.4) is 0 Å². The Bertz CT molecular complexity index is 1280. The highest BCUT2D eigenvalue weighted by Crippen LogP contribution is 2.27. The van der Waals surface area contributed by atoms with Crippen molar-refractivity contribution in [2.45, 2.75) is 53.8 Å². The van der Waals surface area contributed by atoms with Crippen LogP contribution in [0.5, 0.6) is 5.75 Å². The number of aryl methyl sites for hydroxylation is 2. The summed E-state index contributed by atoms with van der Waals surface area (Å²) in [5.74, 6) is 0.773. The average Bonchev–Trinajstić information content (AvgIpc) is 3.02. The molecule has 33 heavy (non-hydrogen) atoms. The summed E-state index contributed by atoms with van der Waals surface area (Å²) in [5, 5.41) is 4.17. The van der Waals surface area contributed by atoms with E-state index in [-0.39, 0.29) is 12.0 Å². The van der Waals surface area contributed by atoms with E-state index < -0.39 is 0 Å². The minimum atomic E-state index is -0.0668. The van der Waals surface area contributed by atoms with Gasteiger partial charge in [0.2, 0.25) is 0 Å². The number of nitrogens with zero attached hydrogens (tertiary/aromatic N) is 1. The number of aromatic nitrogens is 1. The number of hydrogen-bond donors (Lipinski definition) is 1. The molecule has 1 amide bonds. The Morgan fingerprint density at radius 3 is 2.39 bits per heavy atom. The van der Waals surface area contributed by atoms with Crippen molar-refractivity contribution in [2.75, 3.05) is 0 Å². The molecule has 1 N–H and O–H groups in total. The van der Waals surface area contributed by atoms with Gasteiger partial charge >= 0.3 is 0 Å². The van der Waals surface area contributed by atoms with Crippen LogP contribution in [0.1, 0.15) is 52.2 Å². The second-order valence-electron chi connectivity index (χ2n) is 9.01. The van der Waals surface area contributed by atoms with Crippen molar-refractivity contribution in [3.63, 3.8) is 0 Å². The Morgan fingerprint density at radius 2 is 1.70 bits per heavy atom. The summed E-state index contributed by atoms with van der Waals surface area (Å²) in [4.78, 5) is 12.9. The van der Waals surface area contributed by atoms with E-state index in [0.717, 1.165) is 28.8 Å². The van der Waals surface area contributed by atoms with E-state index in [1.165, 1.54) is 22.4 Å². The van der Waals surface area contributed by atoms with E-state index in [1.807, 2.05) is 50.2 Å². The number of carbonyl (C=O) groups is 1. The number of ether oxygens (including phenoxy) is 1. The third kappa shape index (κ3) is 5.11. The highest BCUT2D eigenvalue weighted by Gasteiger charge is 2.14. The largest absolute Gasteiger partial charge is 0.491 e. The van der Waals surface area contributed by atoms with Gasteiger partial charge < -0.3 is 14.6 Å². The number of benzene rings is 3. The van der Waals surface area contributed by atoms with Crippen LogP contribution in [0, 0.1) is 20.8 Å². The fraction of sp³-hybridized carbons (Fsp3) is 0.276. The van der Waals surface area contributed by atoms with Crippen LogP contribution in [0.4, 0.5) is 0 Å². The third-order valence-corrected chi connectivity index (χ3v) is 6.07. The van der Waals surface area contributed by atoms with Gasteiger partial charge in [-0.3, -0.25) is 4.79 Å². The number of fused-ring (bicyclic) bond motifs is 1. The van der Waals surface area contributed by atoms with Crippen LogP contribution in [0.25, 0.3) is 10.9 Å². The molecule has 0 unspecified atom stereocenters. The van der Waals surface area contributed by atoms with E-state index in [4.69, 9.17) is 4.74 Å². The molecule has 0 radical (unpaired) electrons. The van der Waals surface area contributed by atoms with Crippen molar-refractivity contribution in [3.05, 3.63) is 100 Å². The van der Waals surface area contributed by atoms with Crippen molar-refractivity contribution >= 4 is 16.8 Å². The Labute approximate surface area is 196 Å². The van der Waals surface area contributed by atoms with Crippen LogP contribution < -0.4 is 10.1 Å². The van der Waals surface area contributed by atoms with Crippen LogP contribution in [0.2, 0.25) is 0 Å². The summed E-state index contributed by atoms with van der Waals surface area (Å²) >= 11 is 0. The van der Waals surface area contributed by atoms with E-state index in [2.05, 4.69) is 61.0 Å². The molecule has 0 aliphatic rings. The molecule has 1 heterocycles. The molecule has 4 nitrogen and oxygen atoms in total. The second-order valence-corrected chi connectivity index (χ2v) is 9.01. The molecule has 3 aromatic carbocycles. The quantitative estimate of drug-likeness (QED) is 0.365. The molecular formula is C29H32N2O2. The van der Waals surface area contributed by atoms with Crippen molar-refractivity contribution in [1.29, 1.82) is 0 Å². The smallest absolute Gasteiger partial charge is 0.251 e. The van der Waals surface area contributed by atoms with Gasteiger partial charge in [0.05, 0.1) is 6.10 Å². The van der Waals surface area contributed by atoms with Crippen molar-refractivity contribution in [2.24, 2.45) is 0 Å². The van der Waals surface area contributed by atoms with Gasteiger partial charge in [-0.1, -0.05) is 42.0 Å². The standard InChI is InChI=1S/C29H32N2O2/c1-19(2)33-26-12-9-23(10-13-26)17-30-29(32)25-11-14-28-27(16-25)21(4)22(5)31(28)18-24-8-6-7-20(3)15-24/h6-16,19H,17-18H2,1-5H3,(H,30,32). The van der Waals surface area contributed by atoms with Gasteiger partial charge in [0, 0.05) is 35.2 Å². The normalized spacial score (nSPS) is 11.2. The lowest BCUT2D eigenvalue weighted by molar-refractivity contribution is 0.0951. The minimum absolute atomic E-state index is 0.0668. The summed E-state index contributed by atoms with van der Waals surface area (Å²) in [6, 6.07) is 22.5. The number of amides is 1. The lowest BCUT2D eigenvalue weighted by atomic mass is 10.1. The van der Waals surface area contributed by atoms with Gasteiger partial charge in [-0.25, -0.2) is 0 Å². The van der Waals surface area contributed by atoms with E-state index in [1.54, 1.807) is 0 Å². The molecule has 0 fully saturated rings. The predicted octanol–water partition coefficient (Wildman–Crippen LogP) is 6.33. The number of carbonyl (C=O) groups excluding carboxylic acids is 1. The highest BCUT2D eigenvalue weighted by atomic mass is 16.5. The third-order valence-electron chi connectivity index (χ3n) is 6.07. The Morgan fingerprint density at radius 1 is 0.939 bits per heavy atom. The average molecular weight is 441 g/mol. The van der Waals surface area contributed by atoms with Crippen LogP contribution in [-0.4, -0.2) is 16.6 Å². The first-order chi connectivity index (χ1) is 15.8. The lowest BCUT2D eigenvalue weighted by Crippen LogP contribution is -2.22. The zero-order valence-corrected chi connectivity index (χ0v) is 20.1. The summed E-state index contributed by atoms with van der Waals surface area (Å²) in [5.41, 5.74) is 7.86. The summed E-state index contributed by atoms with van der Waals surface area (Å²) < 4.78 is 8.02. The first kappa shape index (κ1) is 22.7. The lowest BCUT2D eigenvalue weighted by Gasteiger charge is -2.11. The molecule has 1 aromatic heterocycles. The summed E-state index contributed by atoms with van der Waals surface area (Å²) in [6.07, 6.45) is 0.143. The van der Waals surface area contributed by atoms with Gasteiger partial charge in [-0.2, -0.15) is 0 Å². The molecule has 0 atom stereocenters. The van der Waals surface area contributed by atoms with Gasteiger partial charge in [-0.05, 0) is 81.6 Å². The zero-order valence-electron chi connectivity index (χ0n) is 20.1. The molecule has 0 spiro atoms. The van der Waals surface area contributed by atoms with Crippen molar-refractivity contribution in [1.82, 2.24) is 9.88 Å². The van der Waals surface area contributed by atoms with Crippen LogP contribution >= 0.6 is 0 Å². The highest BCUT2D eigenvalue weighted by molar-refractivity contribution is 5.99. The summed E-state index contributed by atoms with van der Waals surface area (Å²) in [7, 11) is 0. The molecule has 0 saturated carbocycles. The maximum absolute atomic E-state index is 12.9. The fourth-order valence-corrected chi connectivity index (χ4v) is 4.23. The van der Waals surface area contributed by atoms with Crippen molar-refractivity contribution in [3.8, 4) is 5.75 Å². The maximum atomic E-state index is 12.9.